The topological polar surface area (TPSA) is 102 Å². The predicted octanol–water partition coefficient (Wildman–Crippen LogP) is 4.25. The normalized spacial score (nSPS) is 17.1. The van der Waals surface area contributed by atoms with Gasteiger partial charge in [-0.05, 0) is 23.3 Å². The van der Waals surface area contributed by atoms with E-state index in [1.807, 2.05) is 0 Å². The number of alkyl halides is 6. The zero-order valence-corrected chi connectivity index (χ0v) is 22.5. The summed E-state index contributed by atoms with van der Waals surface area (Å²) in [6.07, 6.45) is -1.07. The van der Waals surface area contributed by atoms with Gasteiger partial charge in [-0.3, -0.25) is 14.4 Å². The number of amides is 2. The summed E-state index contributed by atoms with van der Waals surface area (Å²) in [6, 6.07) is 5.03. The first-order chi connectivity index (χ1) is 16.4. The van der Waals surface area contributed by atoms with E-state index in [0.29, 0.717) is 5.56 Å². The Hall–Kier alpha value is -1.42. The standard InChI is InChI=1S/C21H20Cl6N2O6/c1-11(8-22)19(20(33)34-10-21(25,26)27)29-15(7-17(29)31)28-16(30)6-14(24)12-3-2-4-13(5-12)35-18(32)9-23/h2-5,14-15,19H,1,6-10H2,(H,28,30). The molecule has 1 aromatic carbocycles. The predicted molar refractivity (Wildman–Crippen MR) is 134 cm³/mol. The van der Waals surface area contributed by atoms with Gasteiger partial charge in [0.1, 0.15) is 24.4 Å². The van der Waals surface area contributed by atoms with Gasteiger partial charge < -0.3 is 19.7 Å². The monoisotopic (exact) mass is 606 g/mol. The lowest BCUT2D eigenvalue weighted by Gasteiger charge is -2.45. The Morgan fingerprint density at radius 2 is 1.89 bits per heavy atom. The molecule has 0 spiro atoms. The van der Waals surface area contributed by atoms with Crippen LogP contribution in [-0.4, -0.2) is 63.0 Å². The van der Waals surface area contributed by atoms with Crippen molar-refractivity contribution in [2.24, 2.45) is 0 Å². The number of hydrogen-bond donors (Lipinski definition) is 1. The molecule has 0 aromatic heterocycles. The first-order valence-electron chi connectivity index (χ1n) is 9.94. The molecular formula is C21H20Cl6N2O6. The molecule has 1 aliphatic heterocycles. The number of esters is 2. The maximum Gasteiger partial charge on any atom is 0.333 e. The zero-order chi connectivity index (χ0) is 26.3. The molecule has 1 aliphatic rings. The fourth-order valence-corrected chi connectivity index (χ4v) is 3.75. The molecule has 1 N–H and O–H groups in total. The number of β-lactam (4-membered cyclic amide) rings is 1. The quantitative estimate of drug-likeness (QED) is 0.132. The molecule has 2 amide bonds. The molecular weight excluding hydrogens is 589 g/mol. The summed E-state index contributed by atoms with van der Waals surface area (Å²) in [4.78, 5) is 50.0. The maximum absolute atomic E-state index is 12.6. The average Bonchev–Trinajstić information content (AvgIpc) is 2.79. The Labute approximate surface area is 231 Å². The van der Waals surface area contributed by atoms with Gasteiger partial charge in [0, 0.05) is 12.3 Å². The molecule has 1 aromatic rings. The molecule has 192 valence electrons. The van der Waals surface area contributed by atoms with Crippen LogP contribution >= 0.6 is 69.6 Å². The fraction of sp³-hybridized carbons (Fsp3) is 0.429. The van der Waals surface area contributed by atoms with Crippen molar-refractivity contribution in [2.75, 3.05) is 18.4 Å². The second-order valence-electron chi connectivity index (χ2n) is 7.36. The molecule has 0 aliphatic carbocycles. The van der Waals surface area contributed by atoms with Gasteiger partial charge in [0.15, 0.2) is 6.04 Å². The number of halogens is 6. The van der Waals surface area contributed by atoms with Crippen molar-refractivity contribution < 1.29 is 28.7 Å². The molecule has 0 saturated carbocycles. The van der Waals surface area contributed by atoms with Gasteiger partial charge in [-0.25, -0.2) is 4.79 Å². The number of nitrogens with zero attached hydrogens (tertiary/aromatic N) is 1. The summed E-state index contributed by atoms with van der Waals surface area (Å²) >= 11 is 34.5. The zero-order valence-electron chi connectivity index (χ0n) is 17.9. The lowest BCUT2D eigenvalue weighted by molar-refractivity contribution is -0.165. The molecule has 3 atom stereocenters. The smallest absolute Gasteiger partial charge is 0.333 e. The Bertz CT molecular complexity index is 985. The van der Waals surface area contributed by atoms with Crippen molar-refractivity contribution >= 4 is 93.4 Å². The van der Waals surface area contributed by atoms with E-state index in [1.54, 1.807) is 18.2 Å². The average molecular weight is 609 g/mol. The third-order valence-electron chi connectivity index (χ3n) is 4.68. The van der Waals surface area contributed by atoms with Crippen LogP contribution in [0.3, 0.4) is 0 Å². The highest BCUT2D eigenvalue weighted by molar-refractivity contribution is 6.67. The van der Waals surface area contributed by atoms with Crippen molar-refractivity contribution in [3.63, 3.8) is 0 Å². The highest BCUT2D eigenvalue weighted by Gasteiger charge is 2.46. The SMILES string of the molecule is C=C(CCl)C(C(=O)OCC(Cl)(Cl)Cl)N1C(=O)CC1NC(=O)CC(Cl)c1cccc(OC(=O)CCl)c1. The first-order valence-corrected chi connectivity index (χ1v) is 12.6. The van der Waals surface area contributed by atoms with E-state index in [1.165, 1.54) is 6.07 Å². The van der Waals surface area contributed by atoms with Gasteiger partial charge in [-0.15, -0.1) is 34.8 Å². The van der Waals surface area contributed by atoms with Crippen LogP contribution < -0.4 is 10.1 Å². The van der Waals surface area contributed by atoms with Crippen molar-refractivity contribution in [2.45, 2.75) is 34.2 Å². The summed E-state index contributed by atoms with van der Waals surface area (Å²) in [5.74, 6) is -2.73. The Kier molecular flexibility index (Phi) is 11.3. The highest BCUT2D eigenvalue weighted by atomic mass is 35.6. The maximum atomic E-state index is 12.6. The van der Waals surface area contributed by atoms with E-state index in [-0.39, 0.29) is 35.9 Å². The van der Waals surface area contributed by atoms with Crippen LogP contribution in [0.15, 0.2) is 36.4 Å². The minimum atomic E-state index is -1.86. The van der Waals surface area contributed by atoms with Gasteiger partial charge in [-0.2, -0.15) is 0 Å². The summed E-state index contributed by atoms with van der Waals surface area (Å²) < 4.78 is 8.17. The van der Waals surface area contributed by atoms with Gasteiger partial charge in [-0.1, -0.05) is 53.5 Å². The van der Waals surface area contributed by atoms with Crippen LogP contribution in [0.5, 0.6) is 5.75 Å². The lowest BCUT2D eigenvalue weighted by atomic mass is 10.00. The summed E-state index contributed by atoms with van der Waals surface area (Å²) in [5, 5.41) is 1.87. The van der Waals surface area contributed by atoms with Crippen molar-refractivity contribution in [1.82, 2.24) is 10.2 Å². The second kappa shape index (κ2) is 13.2. The van der Waals surface area contributed by atoms with E-state index < -0.39 is 51.7 Å². The Morgan fingerprint density at radius 3 is 2.46 bits per heavy atom. The summed E-state index contributed by atoms with van der Waals surface area (Å²) in [6.45, 7) is 3.15. The van der Waals surface area contributed by atoms with Gasteiger partial charge in [0.25, 0.3) is 0 Å². The number of carbonyl (C=O) groups is 4. The van der Waals surface area contributed by atoms with Crippen LogP contribution in [0.2, 0.25) is 0 Å². The van der Waals surface area contributed by atoms with E-state index in [4.69, 9.17) is 79.1 Å². The molecule has 2 rings (SSSR count). The molecule has 8 nitrogen and oxygen atoms in total. The second-order valence-corrected chi connectivity index (χ2v) is 10.9. The van der Waals surface area contributed by atoms with E-state index in [0.717, 1.165) is 4.90 Å². The molecule has 1 heterocycles. The van der Waals surface area contributed by atoms with Gasteiger partial charge >= 0.3 is 11.9 Å². The first kappa shape index (κ1) is 29.8. The van der Waals surface area contributed by atoms with Crippen LogP contribution in [0, 0.1) is 0 Å². The fourth-order valence-electron chi connectivity index (χ4n) is 3.11. The van der Waals surface area contributed by atoms with E-state index in [2.05, 4.69) is 11.9 Å². The molecule has 3 unspecified atom stereocenters. The minimum absolute atomic E-state index is 0.0631. The van der Waals surface area contributed by atoms with Crippen molar-refractivity contribution in [3.05, 3.63) is 42.0 Å². The highest BCUT2D eigenvalue weighted by Crippen LogP contribution is 2.30. The summed E-state index contributed by atoms with van der Waals surface area (Å²) in [5.41, 5.74) is 0.679. The molecule has 35 heavy (non-hydrogen) atoms. The number of carbonyl (C=O) groups excluding carboxylic acids is 4. The lowest BCUT2D eigenvalue weighted by Crippen LogP contribution is -2.66. The van der Waals surface area contributed by atoms with Gasteiger partial charge in [0.05, 0.1) is 11.8 Å². The van der Waals surface area contributed by atoms with E-state index in [9.17, 15) is 19.2 Å². The number of rotatable bonds is 11. The number of nitrogens with one attached hydrogen (secondary N) is 1. The number of hydrogen-bond acceptors (Lipinski definition) is 6. The van der Waals surface area contributed by atoms with Crippen LogP contribution in [0.25, 0.3) is 0 Å². The number of likely N-dealkylation sites (tertiary alicyclic amines) is 1. The number of ether oxygens (including phenoxy) is 2. The third-order valence-corrected chi connectivity index (χ3v) is 5.98. The Balaban J connectivity index is 2.05. The van der Waals surface area contributed by atoms with Crippen LogP contribution in [0.4, 0.5) is 0 Å². The summed E-state index contributed by atoms with van der Waals surface area (Å²) in [7, 11) is 0. The molecule has 0 radical (unpaired) electrons. The molecule has 1 saturated heterocycles. The van der Waals surface area contributed by atoms with Crippen LogP contribution in [-0.2, 0) is 23.9 Å². The molecule has 1 fully saturated rings. The molecule has 0 bridgehead atoms. The van der Waals surface area contributed by atoms with Crippen molar-refractivity contribution in [1.29, 1.82) is 0 Å². The van der Waals surface area contributed by atoms with Gasteiger partial charge in [0.2, 0.25) is 15.6 Å². The Morgan fingerprint density at radius 1 is 1.20 bits per heavy atom. The van der Waals surface area contributed by atoms with Crippen LogP contribution in [0.1, 0.15) is 23.8 Å². The molecule has 14 heteroatoms. The van der Waals surface area contributed by atoms with Crippen molar-refractivity contribution in [3.8, 4) is 5.75 Å². The van der Waals surface area contributed by atoms with E-state index >= 15 is 0 Å². The minimum Gasteiger partial charge on any atom is -0.459 e. The third kappa shape index (κ3) is 8.88. The largest absolute Gasteiger partial charge is 0.459 e. The number of benzene rings is 1.